The summed E-state index contributed by atoms with van der Waals surface area (Å²) in [6.07, 6.45) is 0.662. The number of fused-ring (bicyclic) bond motifs is 1. The van der Waals surface area contributed by atoms with Gasteiger partial charge in [-0.25, -0.2) is 0 Å². The molecule has 26 heavy (non-hydrogen) atoms. The third-order valence-electron chi connectivity index (χ3n) is 4.07. The van der Waals surface area contributed by atoms with Gasteiger partial charge in [0.1, 0.15) is 6.61 Å². The molecule has 1 aliphatic rings. The van der Waals surface area contributed by atoms with E-state index in [1.54, 1.807) is 24.3 Å². The fourth-order valence-corrected chi connectivity index (χ4v) is 2.74. The Kier molecular flexibility index (Phi) is 4.06. The van der Waals surface area contributed by atoms with E-state index in [0.717, 1.165) is 16.2 Å². The summed E-state index contributed by atoms with van der Waals surface area (Å²) in [4.78, 5) is 34.4. The normalized spacial score (nSPS) is 13.3. The minimum atomic E-state index is -0.451. The minimum Gasteiger partial charge on any atom is -0.339 e. The molecule has 4 rings (SSSR count). The van der Waals surface area contributed by atoms with Gasteiger partial charge < -0.3 is 4.52 Å². The van der Waals surface area contributed by atoms with Crippen molar-refractivity contribution in [3.8, 4) is 11.4 Å². The summed E-state index contributed by atoms with van der Waals surface area (Å²) >= 11 is 0. The molecule has 130 valence electrons. The summed E-state index contributed by atoms with van der Waals surface area (Å²) in [5.41, 5.74) is 2.26. The molecule has 0 saturated carbocycles. The zero-order valence-corrected chi connectivity index (χ0v) is 14.0. The van der Waals surface area contributed by atoms with Gasteiger partial charge >= 0.3 is 0 Å². The van der Waals surface area contributed by atoms with Crippen LogP contribution in [-0.4, -0.2) is 27.0 Å². The van der Waals surface area contributed by atoms with Crippen LogP contribution in [0.2, 0.25) is 0 Å². The molecule has 1 aromatic heterocycles. The number of imide groups is 1. The number of carbonyl (C=O) groups excluding carboxylic acids is 2. The van der Waals surface area contributed by atoms with E-state index in [1.165, 1.54) is 0 Å². The highest BCUT2D eigenvalue weighted by Crippen LogP contribution is 2.24. The first-order valence-corrected chi connectivity index (χ1v) is 8.20. The molecule has 0 saturated heterocycles. The molecule has 7 nitrogen and oxygen atoms in total. The molecule has 0 unspecified atom stereocenters. The van der Waals surface area contributed by atoms with E-state index >= 15 is 0 Å². The Morgan fingerprint density at radius 1 is 1.04 bits per heavy atom. The lowest BCUT2D eigenvalue weighted by atomic mass is 10.1. The van der Waals surface area contributed by atoms with Crippen molar-refractivity contribution in [2.75, 3.05) is 0 Å². The number of carbonyl (C=O) groups is 2. The second-order valence-corrected chi connectivity index (χ2v) is 5.79. The highest BCUT2D eigenvalue weighted by Gasteiger charge is 2.36. The molecule has 7 heteroatoms. The van der Waals surface area contributed by atoms with Gasteiger partial charge in [-0.05, 0) is 23.8 Å². The van der Waals surface area contributed by atoms with E-state index in [9.17, 15) is 9.59 Å². The molecule has 0 N–H and O–H groups in total. The quantitative estimate of drug-likeness (QED) is 0.658. The number of nitrogens with zero attached hydrogens (tertiary/aromatic N) is 3. The van der Waals surface area contributed by atoms with Crippen molar-refractivity contribution in [2.24, 2.45) is 0 Å². The zero-order chi connectivity index (χ0) is 18.1. The van der Waals surface area contributed by atoms with Crippen molar-refractivity contribution >= 4 is 11.8 Å². The van der Waals surface area contributed by atoms with Crippen molar-refractivity contribution in [1.82, 2.24) is 15.2 Å². The average molecular weight is 349 g/mol. The van der Waals surface area contributed by atoms with Gasteiger partial charge in [0.05, 0.1) is 11.1 Å². The van der Waals surface area contributed by atoms with Crippen LogP contribution in [0.1, 0.15) is 39.1 Å². The molecule has 3 aromatic rings. The predicted molar refractivity (Wildman–Crippen MR) is 90.8 cm³/mol. The van der Waals surface area contributed by atoms with Crippen molar-refractivity contribution in [3.05, 3.63) is 71.1 Å². The number of hydrogen-bond acceptors (Lipinski definition) is 6. The van der Waals surface area contributed by atoms with Gasteiger partial charge in [0.15, 0.2) is 0 Å². The largest absolute Gasteiger partial charge is 0.339 e. The molecular weight excluding hydrogens is 334 g/mol. The standard InChI is InChI=1S/C19H15N3O4/c1-2-16-20-17(21-26-16)13-7-5-6-12(10-13)11-25-22-18(23)14-8-3-4-9-15(14)19(22)24/h3-10H,2,11H2,1H3. The summed E-state index contributed by atoms with van der Waals surface area (Å²) in [5, 5.41) is 4.75. The molecule has 0 spiro atoms. The number of hydrogen-bond donors (Lipinski definition) is 0. The summed E-state index contributed by atoms with van der Waals surface area (Å²) in [6, 6.07) is 14.0. The monoisotopic (exact) mass is 349 g/mol. The van der Waals surface area contributed by atoms with Crippen LogP contribution in [0, 0.1) is 0 Å². The van der Waals surface area contributed by atoms with Gasteiger partial charge in [-0.1, -0.05) is 42.4 Å². The van der Waals surface area contributed by atoms with Crippen LogP contribution in [-0.2, 0) is 17.9 Å². The van der Waals surface area contributed by atoms with E-state index < -0.39 is 11.8 Å². The first kappa shape index (κ1) is 16.2. The molecule has 2 heterocycles. The molecule has 0 bridgehead atoms. The summed E-state index contributed by atoms with van der Waals surface area (Å²) in [6.45, 7) is 2.00. The van der Waals surface area contributed by atoms with Crippen LogP contribution in [0.4, 0.5) is 0 Å². The Labute approximate surface area is 149 Å². The third kappa shape index (κ3) is 2.78. The number of hydroxylamine groups is 2. The van der Waals surface area contributed by atoms with Crippen LogP contribution in [0.3, 0.4) is 0 Å². The smallest absolute Gasteiger partial charge is 0.285 e. The Morgan fingerprint density at radius 2 is 1.77 bits per heavy atom. The Hall–Kier alpha value is -3.32. The number of aromatic nitrogens is 2. The molecule has 2 aromatic carbocycles. The molecule has 0 fully saturated rings. The van der Waals surface area contributed by atoms with Crippen molar-refractivity contribution in [1.29, 1.82) is 0 Å². The predicted octanol–water partition coefficient (Wildman–Crippen LogP) is 3.03. The molecule has 0 aliphatic carbocycles. The Balaban J connectivity index is 1.50. The van der Waals surface area contributed by atoms with Crippen LogP contribution in [0.5, 0.6) is 0 Å². The average Bonchev–Trinajstić information content (AvgIpc) is 3.25. The van der Waals surface area contributed by atoms with Crippen LogP contribution in [0.25, 0.3) is 11.4 Å². The lowest BCUT2D eigenvalue weighted by Gasteiger charge is -2.13. The second-order valence-electron chi connectivity index (χ2n) is 5.79. The number of aryl methyl sites for hydroxylation is 1. The Bertz CT molecular complexity index is 961. The molecule has 2 amide bonds. The van der Waals surface area contributed by atoms with E-state index in [-0.39, 0.29) is 6.61 Å². The van der Waals surface area contributed by atoms with Gasteiger partial charge in [0.2, 0.25) is 11.7 Å². The number of benzene rings is 2. The van der Waals surface area contributed by atoms with E-state index in [4.69, 9.17) is 9.36 Å². The van der Waals surface area contributed by atoms with Crippen LogP contribution < -0.4 is 0 Å². The summed E-state index contributed by atoms with van der Waals surface area (Å²) in [7, 11) is 0. The van der Waals surface area contributed by atoms with E-state index in [2.05, 4.69) is 10.1 Å². The maximum absolute atomic E-state index is 12.3. The maximum atomic E-state index is 12.3. The van der Waals surface area contributed by atoms with Gasteiger partial charge in [-0.3, -0.25) is 14.4 Å². The van der Waals surface area contributed by atoms with Crippen LogP contribution >= 0.6 is 0 Å². The molecule has 1 aliphatic heterocycles. The summed E-state index contributed by atoms with van der Waals surface area (Å²) in [5.74, 6) is 0.150. The fraction of sp³-hybridized carbons (Fsp3) is 0.158. The lowest BCUT2D eigenvalue weighted by molar-refractivity contribution is -0.101. The zero-order valence-electron chi connectivity index (χ0n) is 14.0. The van der Waals surface area contributed by atoms with Gasteiger partial charge in [-0.15, -0.1) is 5.06 Å². The molecule has 0 radical (unpaired) electrons. The fourth-order valence-electron chi connectivity index (χ4n) is 2.74. The lowest BCUT2D eigenvalue weighted by Crippen LogP contribution is -2.29. The minimum absolute atomic E-state index is 0.0673. The van der Waals surface area contributed by atoms with Gasteiger partial charge in [-0.2, -0.15) is 4.98 Å². The SMILES string of the molecule is CCc1nc(-c2cccc(CON3C(=O)c4ccccc4C3=O)c2)no1. The Morgan fingerprint density at radius 3 is 2.42 bits per heavy atom. The molecule has 0 atom stereocenters. The molecular formula is C19H15N3O4. The van der Waals surface area contributed by atoms with E-state index in [1.807, 2.05) is 31.2 Å². The highest BCUT2D eigenvalue weighted by atomic mass is 16.7. The van der Waals surface area contributed by atoms with Gasteiger partial charge in [0.25, 0.3) is 11.8 Å². The van der Waals surface area contributed by atoms with Crippen molar-refractivity contribution in [2.45, 2.75) is 20.0 Å². The summed E-state index contributed by atoms with van der Waals surface area (Å²) < 4.78 is 5.12. The highest BCUT2D eigenvalue weighted by molar-refractivity contribution is 6.20. The van der Waals surface area contributed by atoms with Gasteiger partial charge in [0, 0.05) is 12.0 Å². The topological polar surface area (TPSA) is 85.5 Å². The van der Waals surface area contributed by atoms with Crippen molar-refractivity contribution in [3.63, 3.8) is 0 Å². The first-order valence-electron chi connectivity index (χ1n) is 8.20. The number of rotatable bonds is 5. The van der Waals surface area contributed by atoms with E-state index in [0.29, 0.717) is 29.3 Å². The third-order valence-corrected chi connectivity index (χ3v) is 4.07. The first-order chi connectivity index (χ1) is 12.7. The van der Waals surface area contributed by atoms with Crippen LogP contribution in [0.15, 0.2) is 53.1 Å². The maximum Gasteiger partial charge on any atom is 0.285 e. The second kappa shape index (κ2) is 6.53. The number of amides is 2. The van der Waals surface area contributed by atoms with Crippen molar-refractivity contribution < 1.29 is 18.9 Å².